The first-order valence-electron chi connectivity index (χ1n) is 19.0. The van der Waals surface area contributed by atoms with Gasteiger partial charge in [-0.05, 0) is 59.7 Å². The standard InChI is InChI=1S/C40H70S2/c1-3-5-7-9-11-13-15-17-19-21-23-25-27-29-31-37-33-39(41-35-37)40-34-38(36-42-40)32-30-28-26-24-22-20-18-16-14-12-10-8-6-4-2/h33-36H,3-32H2,1-2H3. The fourth-order valence-electron chi connectivity index (χ4n) is 6.32. The monoisotopic (exact) mass is 614 g/mol. The van der Waals surface area contributed by atoms with Crippen LogP contribution in [-0.2, 0) is 12.8 Å². The van der Waals surface area contributed by atoms with Crippen LogP contribution in [-0.4, -0.2) is 0 Å². The zero-order valence-corrected chi connectivity index (χ0v) is 30.0. The Kier molecular flexibility index (Phi) is 25.0. The molecule has 0 aliphatic heterocycles. The molecule has 0 aromatic carbocycles. The summed E-state index contributed by atoms with van der Waals surface area (Å²) < 4.78 is 0. The van der Waals surface area contributed by atoms with Crippen LogP contribution < -0.4 is 0 Å². The first-order valence-corrected chi connectivity index (χ1v) is 20.7. The first-order chi connectivity index (χ1) is 20.8. The van der Waals surface area contributed by atoms with Crippen molar-refractivity contribution in [1.82, 2.24) is 0 Å². The lowest BCUT2D eigenvalue weighted by molar-refractivity contribution is 0.535. The van der Waals surface area contributed by atoms with Gasteiger partial charge < -0.3 is 0 Å². The van der Waals surface area contributed by atoms with Gasteiger partial charge in [0.05, 0.1) is 0 Å². The van der Waals surface area contributed by atoms with Gasteiger partial charge in [-0.2, -0.15) is 0 Å². The van der Waals surface area contributed by atoms with Crippen molar-refractivity contribution in [3.05, 3.63) is 34.0 Å². The number of aryl methyl sites for hydroxylation is 2. The summed E-state index contributed by atoms with van der Waals surface area (Å²) >= 11 is 3.92. The third-order valence-corrected chi connectivity index (χ3v) is 11.3. The van der Waals surface area contributed by atoms with E-state index in [1.54, 1.807) is 11.1 Å². The number of hydrogen-bond acceptors (Lipinski definition) is 2. The van der Waals surface area contributed by atoms with Gasteiger partial charge in [-0.15, -0.1) is 22.7 Å². The van der Waals surface area contributed by atoms with Gasteiger partial charge in [0.2, 0.25) is 0 Å². The van der Waals surface area contributed by atoms with Crippen molar-refractivity contribution in [2.75, 3.05) is 0 Å². The molecule has 0 N–H and O–H groups in total. The molecule has 0 fully saturated rings. The molecule has 2 aromatic rings. The molecule has 2 rings (SSSR count). The lowest BCUT2D eigenvalue weighted by atomic mass is 10.0. The van der Waals surface area contributed by atoms with Gasteiger partial charge >= 0.3 is 0 Å². The highest BCUT2D eigenvalue weighted by Crippen LogP contribution is 2.33. The van der Waals surface area contributed by atoms with E-state index in [0.29, 0.717) is 0 Å². The third kappa shape index (κ3) is 20.4. The number of rotatable bonds is 31. The Morgan fingerprint density at radius 2 is 0.571 bits per heavy atom. The normalized spacial score (nSPS) is 11.6. The molecule has 0 nitrogen and oxygen atoms in total. The van der Waals surface area contributed by atoms with Gasteiger partial charge in [-0.3, -0.25) is 0 Å². The molecule has 0 aliphatic rings. The zero-order valence-electron chi connectivity index (χ0n) is 28.3. The van der Waals surface area contributed by atoms with Crippen LogP contribution in [0.1, 0.15) is 205 Å². The summed E-state index contributed by atoms with van der Waals surface area (Å²) in [5, 5.41) is 4.84. The smallest absolute Gasteiger partial charge is 0.0445 e. The van der Waals surface area contributed by atoms with Crippen molar-refractivity contribution in [2.24, 2.45) is 0 Å². The van der Waals surface area contributed by atoms with E-state index >= 15 is 0 Å². The van der Waals surface area contributed by atoms with Crippen LogP contribution >= 0.6 is 22.7 Å². The molecule has 0 atom stereocenters. The number of unbranched alkanes of at least 4 members (excludes halogenated alkanes) is 26. The number of hydrogen-bond donors (Lipinski definition) is 0. The largest absolute Gasteiger partial charge is 0.143 e. The highest BCUT2D eigenvalue weighted by Gasteiger charge is 2.07. The van der Waals surface area contributed by atoms with E-state index in [9.17, 15) is 0 Å². The second-order valence-electron chi connectivity index (χ2n) is 13.3. The predicted octanol–water partition coefficient (Wildman–Crippen LogP) is 15.5. The lowest BCUT2D eigenvalue weighted by Crippen LogP contribution is -1.85. The Balaban J connectivity index is 1.40. The summed E-state index contributed by atoms with van der Waals surface area (Å²) in [5.41, 5.74) is 3.13. The minimum Gasteiger partial charge on any atom is -0.143 e. The fraction of sp³-hybridized carbons (Fsp3) is 0.800. The molecule has 42 heavy (non-hydrogen) atoms. The molecule has 0 aliphatic carbocycles. The molecule has 2 heterocycles. The van der Waals surface area contributed by atoms with Crippen LogP contribution in [0.25, 0.3) is 9.75 Å². The molecule has 0 saturated carbocycles. The number of thiophene rings is 2. The molecule has 0 amide bonds. The molecule has 2 heteroatoms. The zero-order chi connectivity index (χ0) is 29.8. The molecule has 0 unspecified atom stereocenters. The highest BCUT2D eigenvalue weighted by molar-refractivity contribution is 7.20. The van der Waals surface area contributed by atoms with E-state index < -0.39 is 0 Å². The Labute approximate surface area is 271 Å². The molecule has 242 valence electrons. The average Bonchev–Trinajstić information content (AvgIpc) is 3.67. The van der Waals surface area contributed by atoms with E-state index in [2.05, 4.69) is 36.7 Å². The van der Waals surface area contributed by atoms with Crippen LogP contribution in [0.15, 0.2) is 22.9 Å². The quantitative estimate of drug-likeness (QED) is 0.0741. The molecule has 0 bridgehead atoms. The summed E-state index contributed by atoms with van der Waals surface area (Å²) in [5.74, 6) is 0. The molecular weight excluding hydrogens is 545 g/mol. The van der Waals surface area contributed by atoms with Gasteiger partial charge in [0.25, 0.3) is 0 Å². The van der Waals surface area contributed by atoms with Crippen molar-refractivity contribution >= 4 is 22.7 Å². The fourth-order valence-corrected chi connectivity index (χ4v) is 8.33. The van der Waals surface area contributed by atoms with Gasteiger partial charge in [0.15, 0.2) is 0 Å². The summed E-state index contributed by atoms with van der Waals surface area (Å²) in [4.78, 5) is 2.99. The van der Waals surface area contributed by atoms with Crippen LogP contribution in [0.2, 0.25) is 0 Å². The Morgan fingerprint density at radius 3 is 0.833 bits per heavy atom. The summed E-state index contributed by atoms with van der Waals surface area (Å²) in [7, 11) is 0. The summed E-state index contributed by atoms with van der Waals surface area (Å²) in [6.45, 7) is 4.61. The Morgan fingerprint density at radius 1 is 0.333 bits per heavy atom. The van der Waals surface area contributed by atoms with Crippen LogP contribution in [0.3, 0.4) is 0 Å². The first kappa shape index (κ1) is 37.6. The van der Waals surface area contributed by atoms with E-state index in [0.717, 1.165) is 0 Å². The maximum Gasteiger partial charge on any atom is 0.0445 e. The Hall–Kier alpha value is -0.600. The van der Waals surface area contributed by atoms with Crippen molar-refractivity contribution in [3.8, 4) is 9.75 Å². The Bertz CT molecular complexity index is 747. The average molecular weight is 615 g/mol. The van der Waals surface area contributed by atoms with E-state index in [-0.39, 0.29) is 0 Å². The van der Waals surface area contributed by atoms with Gasteiger partial charge in [0, 0.05) is 9.75 Å². The topological polar surface area (TPSA) is 0 Å². The van der Waals surface area contributed by atoms with Crippen molar-refractivity contribution in [2.45, 2.75) is 206 Å². The molecule has 2 aromatic heterocycles. The molecular formula is C40H70S2. The molecule has 0 spiro atoms. The second-order valence-corrected chi connectivity index (χ2v) is 15.2. The lowest BCUT2D eigenvalue weighted by Gasteiger charge is -2.03. The van der Waals surface area contributed by atoms with Crippen LogP contribution in [0.5, 0.6) is 0 Å². The summed E-state index contributed by atoms with van der Waals surface area (Å²) in [6.07, 6.45) is 42.9. The van der Waals surface area contributed by atoms with Crippen molar-refractivity contribution in [1.29, 1.82) is 0 Å². The highest BCUT2D eigenvalue weighted by atomic mass is 32.1. The van der Waals surface area contributed by atoms with E-state index in [4.69, 9.17) is 0 Å². The van der Waals surface area contributed by atoms with Gasteiger partial charge in [-0.1, -0.05) is 181 Å². The maximum absolute atomic E-state index is 2.48. The third-order valence-electron chi connectivity index (χ3n) is 9.19. The van der Waals surface area contributed by atoms with E-state index in [1.165, 1.54) is 202 Å². The molecule has 0 saturated heterocycles. The van der Waals surface area contributed by atoms with Crippen LogP contribution in [0, 0.1) is 0 Å². The van der Waals surface area contributed by atoms with Gasteiger partial charge in [0.1, 0.15) is 0 Å². The minimum absolute atomic E-state index is 1.27. The predicted molar refractivity (Wildman–Crippen MR) is 196 cm³/mol. The van der Waals surface area contributed by atoms with E-state index in [1.807, 2.05) is 22.7 Å². The SMILES string of the molecule is CCCCCCCCCCCCCCCCc1csc(-c2cc(CCCCCCCCCCCCCCCC)cs2)c1. The van der Waals surface area contributed by atoms with Crippen molar-refractivity contribution in [3.63, 3.8) is 0 Å². The van der Waals surface area contributed by atoms with Gasteiger partial charge in [-0.25, -0.2) is 0 Å². The summed E-state index contributed by atoms with van der Waals surface area (Å²) in [6, 6.07) is 4.96. The van der Waals surface area contributed by atoms with Crippen LogP contribution in [0.4, 0.5) is 0 Å². The minimum atomic E-state index is 1.27. The second kappa shape index (κ2) is 27.9. The molecule has 0 radical (unpaired) electrons. The maximum atomic E-state index is 2.48. The van der Waals surface area contributed by atoms with Crippen molar-refractivity contribution < 1.29 is 0 Å².